The molecular formula is C15H21N5O2. The van der Waals surface area contributed by atoms with Crippen molar-refractivity contribution in [3.8, 4) is 0 Å². The Bertz CT molecular complexity index is 711. The summed E-state index contributed by atoms with van der Waals surface area (Å²) in [6, 6.07) is 5.36. The van der Waals surface area contributed by atoms with Gasteiger partial charge in [-0.1, -0.05) is 13.8 Å². The Morgan fingerprint density at radius 2 is 2.18 bits per heavy atom. The van der Waals surface area contributed by atoms with Gasteiger partial charge in [-0.2, -0.15) is 15.4 Å². The van der Waals surface area contributed by atoms with Crippen LogP contribution in [0, 0.1) is 5.41 Å². The summed E-state index contributed by atoms with van der Waals surface area (Å²) < 4.78 is 5.65. The van der Waals surface area contributed by atoms with Crippen LogP contribution >= 0.6 is 0 Å². The Labute approximate surface area is 128 Å². The van der Waals surface area contributed by atoms with E-state index in [4.69, 9.17) is 10.5 Å². The lowest BCUT2D eigenvalue weighted by Gasteiger charge is -2.57. The van der Waals surface area contributed by atoms with E-state index in [0.29, 0.717) is 24.2 Å². The molecule has 1 aliphatic rings. The van der Waals surface area contributed by atoms with Crippen molar-refractivity contribution >= 4 is 22.6 Å². The fourth-order valence-corrected chi connectivity index (χ4v) is 2.98. The van der Waals surface area contributed by atoms with Crippen LogP contribution in [-0.2, 0) is 9.53 Å². The molecule has 7 nitrogen and oxygen atoms in total. The fourth-order valence-electron chi connectivity index (χ4n) is 2.98. The van der Waals surface area contributed by atoms with Crippen LogP contribution in [0.2, 0.25) is 0 Å². The van der Waals surface area contributed by atoms with Crippen LogP contribution in [0.15, 0.2) is 18.2 Å². The molecule has 0 spiro atoms. The lowest BCUT2D eigenvalue weighted by atomic mass is 9.54. The quantitative estimate of drug-likeness (QED) is 0.792. The Hall–Kier alpha value is -1.99. The van der Waals surface area contributed by atoms with Crippen molar-refractivity contribution in [3.05, 3.63) is 18.2 Å². The molecule has 7 heteroatoms. The normalized spacial score (nSPS) is 26.6. The number of aromatic nitrogens is 3. The molecule has 1 amide bonds. The number of carbonyl (C=O) groups is 1. The Kier molecular flexibility index (Phi) is 3.41. The first-order chi connectivity index (χ1) is 10.4. The minimum Gasteiger partial charge on any atom is -0.378 e. The highest BCUT2D eigenvalue weighted by Gasteiger charge is 2.62. The van der Waals surface area contributed by atoms with E-state index >= 15 is 0 Å². The van der Waals surface area contributed by atoms with E-state index in [2.05, 4.69) is 20.7 Å². The molecule has 1 aromatic heterocycles. The highest BCUT2D eigenvalue weighted by atomic mass is 16.5. The number of hydrogen-bond donors (Lipinski definition) is 3. The highest BCUT2D eigenvalue weighted by molar-refractivity contribution is 6.00. The minimum absolute atomic E-state index is 0.00581. The molecule has 1 fully saturated rings. The van der Waals surface area contributed by atoms with Gasteiger partial charge in [0.1, 0.15) is 16.6 Å². The van der Waals surface area contributed by atoms with Gasteiger partial charge in [-0.25, -0.2) is 0 Å². The number of ether oxygens (including phenoxy) is 1. The Morgan fingerprint density at radius 3 is 2.86 bits per heavy atom. The van der Waals surface area contributed by atoms with Gasteiger partial charge in [0.15, 0.2) is 0 Å². The van der Waals surface area contributed by atoms with Crippen LogP contribution in [-0.4, -0.2) is 39.6 Å². The van der Waals surface area contributed by atoms with Gasteiger partial charge in [0.05, 0.1) is 6.10 Å². The van der Waals surface area contributed by atoms with Crippen molar-refractivity contribution < 1.29 is 9.53 Å². The summed E-state index contributed by atoms with van der Waals surface area (Å²) in [5.41, 5.74) is 7.12. The summed E-state index contributed by atoms with van der Waals surface area (Å²) in [6.07, 6.45) is 0.526. The number of fused-ring (bicyclic) bond motifs is 1. The van der Waals surface area contributed by atoms with Gasteiger partial charge in [-0.3, -0.25) is 4.79 Å². The van der Waals surface area contributed by atoms with Crippen molar-refractivity contribution in [3.63, 3.8) is 0 Å². The highest BCUT2D eigenvalue weighted by Crippen LogP contribution is 2.50. The third-order valence-corrected chi connectivity index (χ3v) is 4.81. The number of nitrogens with two attached hydrogens (primary N) is 1. The number of anilines is 1. The molecule has 4 N–H and O–H groups in total. The van der Waals surface area contributed by atoms with Gasteiger partial charge >= 0.3 is 0 Å². The van der Waals surface area contributed by atoms with Crippen LogP contribution < -0.4 is 11.1 Å². The summed E-state index contributed by atoms with van der Waals surface area (Å²) in [6.45, 7) is 6.50. The summed E-state index contributed by atoms with van der Waals surface area (Å²) in [7, 11) is 0. The van der Waals surface area contributed by atoms with Crippen molar-refractivity contribution in [2.24, 2.45) is 11.1 Å². The van der Waals surface area contributed by atoms with Crippen LogP contribution in [0.4, 0.5) is 5.69 Å². The first-order valence-corrected chi connectivity index (χ1v) is 7.41. The number of rotatable bonds is 4. The number of amides is 1. The number of benzene rings is 1. The topological polar surface area (TPSA) is 106 Å². The molecule has 2 aromatic rings. The van der Waals surface area contributed by atoms with Gasteiger partial charge in [0.2, 0.25) is 5.91 Å². The maximum atomic E-state index is 12.6. The zero-order chi connectivity index (χ0) is 16.0. The number of nitrogens with zero attached hydrogens (tertiary/aromatic N) is 2. The van der Waals surface area contributed by atoms with E-state index in [9.17, 15) is 4.79 Å². The van der Waals surface area contributed by atoms with Gasteiger partial charge in [0.25, 0.3) is 0 Å². The molecule has 1 aromatic carbocycles. The molecule has 0 saturated heterocycles. The van der Waals surface area contributed by atoms with E-state index in [1.807, 2.05) is 20.8 Å². The first kappa shape index (κ1) is 14.9. The molecule has 0 radical (unpaired) electrons. The number of nitrogens with one attached hydrogen (secondary N) is 2. The fraction of sp³-hybridized carbons (Fsp3) is 0.533. The van der Waals surface area contributed by atoms with Crippen LogP contribution in [0.5, 0.6) is 0 Å². The summed E-state index contributed by atoms with van der Waals surface area (Å²) in [5, 5.41) is 13.4. The van der Waals surface area contributed by atoms with Crippen LogP contribution in [0.1, 0.15) is 27.2 Å². The van der Waals surface area contributed by atoms with E-state index in [-0.39, 0.29) is 12.0 Å². The molecular weight excluding hydrogens is 282 g/mol. The maximum Gasteiger partial charge on any atom is 0.245 e. The molecule has 0 aliphatic heterocycles. The number of H-pyrrole nitrogens is 1. The van der Waals surface area contributed by atoms with Crippen LogP contribution in [0.3, 0.4) is 0 Å². The average Bonchev–Trinajstić information content (AvgIpc) is 2.94. The summed E-state index contributed by atoms with van der Waals surface area (Å²) in [5.74, 6) is -0.198. The molecule has 22 heavy (non-hydrogen) atoms. The van der Waals surface area contributed by atoms with Crippen molar-refractivity contribution in [1.82, 2.24) is 15.4 Å². The van der Waals surface area contributed by atoms with E-state index in [0.717, 1.165) is 5.52 Å². The molecule has 1 heterocycles. The molecule has 0 bridgehead atoms. The molecule has 1 saturated carbocycles. The maximum absolute atomic E-state index is 12.6. The monoisotopic (exact) mass is 303 g/mol. The second-order valence-electron chi connectivity index (χ2n) is 6.32. The molecule has 2 atom stereocenters. The molecule has 1 aliphatic carbocycles. The predicted octanol–water partition coefficient (Wildman–Crippen LogP) is 1.43. The number of aromatic amines is 1. The molecule has 2 unspecified atom stereocenters. The molecule has 3 rings (SSSR count). The van der Waals surface area contributed by atoms with E-state index in [1.165, 1.54) is 0 Å². The van der Waals surface area contributed by atoms with Gasteiger partial charge in [-0.15, -0.1) is 0 Å². The standard InChI is InChI=1S/C15H21N5O2/c1-4-22-12-8-15(16,14(12,2)3)13(21)17-9-5-6-10-11(7-9)19-20-18-10/h5-7,12H,4,8,16H2,1-3H3,(H,17,21)(H,18,19,20). The first-order valence-electron chi connectivity index (χ1n) is 7.41. The summed E-state index contributed by atoms with van der Waals surface area (Å²) in [4.78, 5) is 12.6. The minimum atomic E-state index is -0.939. The van der Waals surface area contributed by atoms with Gasteiger partial charge < -0.3 is 15.8 Å². The van der Waals surface area contributed by atoms with E-state index < -0.39 is 11.0 Å². The van der Waals surface area contributed by atoms with Gasteiger partial charge in [0, 0.05) is 24.1 Å². The smallest absolute Gasteiger partial charge is 0.245 e. The number of hydrogen-bond acceptors (Lipinski definition) is 5. The lowest BCUT2D eigenvalue weighted by molar-refractivity contribution is -0.166. The second-order valence-corrected chi connectivity index (χ2v) is 6.32. The largest absolute Gasteiger partial charge is 0.378 e. The van der Waals surface area contributed by atoms with Crippen LogP contribution in [0.25, 0.3) is 11.0 Å². The van der Waals surface area contributed by atoms with Gasteiger partial charge in [-0.05, 0) is 25.1 Å². The van der Waals surface area contributed by atoms with Crippen molar-refractivity contribution in [2.75, 3.05) is 11.9 Å². The lowest BCUT2D eigenvalue weighted by Crippen LogP contribution is -2.74. The zero-order valence-corrected chi connectivity index (χ0v) is 13.0. The van der Waals surface area contributed by atoms with E-state index in [1.54, 1.807) is 18.2 Å². The second kappa shape index (κ2) is 5.03. The Morgan fingerprint density at radius 1 is 1.45 bits per heavy atom. The Balaban J connectivity index is 1.76. The van der Waals surface area contributed by atoms with Crippen molar-refractivity contribution in [1.29, 1.82) is 0 Å². The summed E-state index contributed by atoms with van der Waals surface area (Å²) >= 11 is 0. The predicted molar refractivity (Wildman–Crippen MR) is 83.2 cm³/mol. The third kappa shape index (κ3) is 2.08. The van der Waals surface area contributed by atoms with Crippen molar-refractivity contribution in [2.45, 2.75) is 38.8 Å². The SMILES string of the molecule is CCOC1CC(N)(C(=O)Nc2ccc3n[nH]nc3c2)C1(C)C. The molecule has 118 valence electrons. The third-order valence-electron chi connectivity index (χ3n) is 4.81. The average molecular weight is 303 g/mol. The number of carbonyl (C=O) groups excluding carboxylic acids is 1. The zero-order valence-electron chi connectivity index (χ0n) is 13.0.